The van der Waals surface area contributed by atoms with Crippen LogP contribution in [0.15, 0.2) is 40.2 Å². The molecule has 90 valence electrons. The second-order valence-corrected chi connectivity index (χ2v) is 6.34. The fraction of sp³-hybridized carbons (Fsp3) is 0. The van der Waals surface area contributed by atoms with E-state index in [1.54, 1.807) is 0 Å². The van der Waals surface area contributed by atoms with Crippen LogP contribution in [0.2, 0.25) is 0 Å². The number of nitrogens with one attached hydrogen (secondary N) is 1. The molecule has 18 heavy (non-hydrogen) atoms. The third-order valence-corrected chi connectivity index (χ3v) is 5.13. The second-order valence-electron chi connectivity index (χ2n) is 3.54. The molecular weight excluding hydrogens is 332 g/mol. The Balaban J connectivity index is 1.88. The number of thiophene rings is 1. The lowest BCUT2D eigenvalue weighted by Gasteiger charge is -1.98. The van der Waals surface area contributed by atoms with E-state index in [9.17, 15) is 4.79 Å². The predicted molar refractivity (Wildman–Crippen MR) is 79.6 cm³/mol. The van der Waals surface area contributed by atoms with Crippen LogP contribution >= 0.6 is 38.6 Å². The van der Waals surface area contributed by atoms with Gasteiger partial charge in [-0.2, -0.15) is 0 Å². The number of nitrogens with zero attached hydrogens (tertiary/aromatic N) is 1. The molecule has 0 radical (unpaired) electrons. The maximum absolute atomic E-state index is 12.0. The van der Waals surface area contributed by atoms with Crippen molar-refractivity contribution in [3.05, 3.63) is 45.1 Å². The molecule has 2 heterocycles. The van der Waals surface area contributed by atoms with Gasteiger partial charge in [0.15, 0.2) is 5.13 Å². The molecule has 3 rings (SSSR count). The lowest BCUT2D eigenvalue weighted by atomic mass is 10.3. The Hall–Kier alpha value is -1.24. The number of para-hydroxylation sites is 1. The number of amides is 1. The minimum absolute atomic E-state index is 0.129. The van der Waals surface area contributed by atoms with Gasteiger partial charge in [0.1, 0.15) is 4.88 Å². The molecule has 1 N–H and O–H groups in total. The minimum Gasteiger partial charge on any atom is -0.297 e. The Bertz CT molecular complexity index is 687. The number of rotatable bonds is 2. The first-order valence-corrected chi connectivity index (χ1v) is 7.63. The van der Waals surface area contributed by atoms with Crippen molar-refractivity contribution in [3.63, 3.8) is 0 Å². The molecule has 0 bridgehead atoms. The summed E-state index contributed by atoms with van der Waals surface area (Å²) in [5, 5.41) is 5.32. The first kappa shape index (κ1) is 11.8. The van der Waals surface area contributed by atoms with E-state index in [2.05, 4.69) is 26.2 Å². The van der Waals surface area contributed by atoms with Gasteiger partial charge in [-0.05, 0) is 39.5 Å². The highest BCUT2D eigenvalue weighted by Crippen LogP contribution is 2.28. The lowest BCUT2D eigenvalue weighted by molar-refractivity contribution is 0.103. The van der Waals surface area contributed by atoms with Crippen molar-refractivity contribution in [2.24, 2.45) is 0 Å². The summed E-state index contributed by atoms with van der Waals surface area (Å²) in [5.74, 6) is -0.129. The second kappa shape index (κ2) is 4.79. The van der Waals surface area contributed by atoms with Crippen LogP contribution in [0.1, 0.15) is 9.67 Å². The van der Waals surface area contributed by atoms with Gasteiger partial charge in [-0.15, -0.1) is 11.3 Å². The number of fused-ring (bicyclic) bond motifs is 1. The molecule has 0 aliphatic heterocycles. The van der Waals surface area contributed by atoms with Crippen molar-refractivity contribution < 1.29 is 4.79 Å². The topological polar surface area (TPSA) is 42.0 Å². The molecule has 0 spiro atoms. The van der Waals surface area contributed by atoms with E-state index in [4.69, 9.17) is 0 Å². The SMILES string of the molecule is O=C(Nc1nc2ccccc2s1)c1sccc1Br. The van der Waals surface area contributed by atoms with Gasteiger partial charge >= 0.3 is 0 Å². The van der Waals surface area contributed by atoms with Crippen molar-refractivity contribution >= 4 is 59.9 Å². The van der Waals surface area contributed by atoms with Gasteiger partial charge in [0.25, 0.3) is 5.91 Å². The molecule has 0 atom stereocenters. The van der Waals surface area contributed by atoms with Gasteiger partial charge < -0.3 is 0 Å². The third kappa shape index (κ3) is 2.19. The Morgan fingerprint density at radius 3 is 2.83 bits per heavy atom. The van der Waals surface area contributed by atoms with Gasteiger partial charge in [0, 0.05) is 4.47 Å². The first-order valence-electron chi connectivity index (χ1n) is 5.14. The van der Waals surface area contributed by atoms with Crippen molar-refractivity contribution in [3.8, 4) is 0 Å². The van der Waals surface area contributed by atoms with Crippen LogP contribution in [0, 0.1) is 0 Å². The van der Waals surface area contributed by atoms with Crippen LogP contribution in [0.3, 0.4) is 0 Å². The molecule has 1 amide bonds. The highest BCUT2D eigenvalue weighted by atomic mass is 79.9. The van der Waals surface area contributed by atoms with E-state index in [0.29, 0.717) is 10.0 Å². The molecule has 3 nitrogen and oxygen atoms in total. The first-order chi connectivity index (χ1) is 8.74. The largest absolute Gasteiger partial charge is 0.297 e. The number of benzene rings is 1. The lowest BCUT2D eigenvalue weighted by Crippen LogP contribution is -2.10. The molecule has 0 saturated carbocycles. The molecule has 3 aromatic rings. The highest BCUT2D eigenvalue weighted by Gasteiger charge is 2.13. The zero-order chi connectivity index (χ0) is 12.5. The van der Waals surface area contributed by atoms with Crippen LogP contribution in [0.4, 0.5) is 5.13 Å². The van der Waals surface area contributed by atoms with E-state index in [1.807, 2.05) is 35.7 Å². The van der Waals surface area contributed by atoms with Gasteiger partial charge in [0.05, 0.1) is 10.2 Å². The summed E-state index contributed by atoms with van der Waals surface area (Å²) in [5.41, 5.74) is 0.906. The van der Waals surface area contributed by atoms with Crippen LogP contribution in [-0.2, 0) is 0 Å². The standard InChI is InChI=1S/C12H7BrN2OS2/c13-7-5-6-17-10(7)11(16)15-12-14-8-3-1-2-4-9(8)18-12/h1-6H,(H,14,15,16). The number of thiazole rings is 1. The molecule has 0 saturated heterocycles. The Kier molecular flexibility index (Phi) is 3.15. The summed E-state index contributed by atoms with van der Waals surface area (Å²) >= 11 is 6.22. The monoisotopic (exact) mass is 338 g/mol. The smallest absolute Gasteiger partial charge is 0.268 e. The number of anilines is 1. The van der Waals surface area contributed by atoms with Gasteiger partial charge in [-0.1, -0.05) is 23.5 Å². The molecule has 1 aromatic carbocycles. The van der Waals surface area contributed by atoms with E-state index in [1.165, 1.54) is 22.7 Å². The predicted octanol–water partition coefficient (Wildman–Crippen LogP) is 4.37. The average Bonchev–Trinajstić information content (AvgIpc) is 2.94. The summed E-state index contributed by atoms with van der Waals surface area (Å²) in [6.07, 6.45) is 0. The Morgan fingerprint density at radius 1 is 1.28 bits per heavy atom. The summed E-state index contributed by atoms with van der Waals surface area (Å²) < 4.78 is 1.88. The molecule has 2 aromatic heterocycles. The number of halogens is 1. The zero-order valence-corrected chi connectivity index (χ0v) is 12.2. The van der Waals surface area contributed by atoms with Crippen LogP contribution in [-0.4, -0.2) is 10.9 Å². The number of carbonyl (C=O) groups excluding carboxylic acids is 1. The van der Waals surface area contributed by atoms with E-state index < -0.39 is 0 Å². The fourth-order valence-corrected chi connectivity index (χ4v) is 3.84. The molecule has 0 aliphatic carbocycles. The molecule has 0 aliphatic rings. The number of hydrogen-bond donors (Lipinski definition) is 1. The number of hydrogen-bond acceptors (Lipinski definition) is 4. The molecule has 6 heteroatoms. The summed E-state index contributed by atoms with van der Waals surface area (Å²) in [6, 6.07) is 9.68. The molecule has 0 fully saturated rings. The van der Waals surface area contributed by atoms with Crippen LogP contribution in [0.25, 0.3) is 10.2 Å². The van der Waals surface area contributed by atoms with Crippen molar-refractivity contribution in [1.82, 2.24) is 4.98 Å². The van der Waals surface area contributed by atoms with Gasteiger partial charge in [0.2, 0.25) is 0 Å². The van der Waals surface area contributed by atoms with E-state index >= 15 is 0 Å². The normalized spacial score (nSPS) is 10.7. The van der Waals surface area contributed by atoms with Gasteiger partial charge in [-0.25, -0.2) is 4.98 Å². The summed E-state index contributed by atoms with van der Waals surface area (Å²) in [4.78, 5) is 17.0. The maximum Gasteiger partial charge on any atom is 0.268 e. The summed E-state index contributed by atoms with van der Waals surface area (Å²) in [6.45, 7) is 0. The minimum atomic E-state index is -0.129. The number of carbonyl (C=O) groups is 1. The molecular formula is C12H7BrN2OS2. The Labute approximate surface area is 120 Å². The zero-order valence-electron chi connectivity index (χ0n) is 9.01. The maximum atomic E-state index is 12.0. The number of aromatic nitrogens is 1. The molecule has 0 unspecified atom stereocenters. The van der Waals surface area contributed by atoms with Crippen molar-refractivity contribution in [2.45, 2.75) is 0 Å². The quantitative estimate of drug-likeness (QED) is 0.753. The Morgan fingerprint density at radius 2 is 2.11 bits per heavy atom. The average molecular weight is 339 g/mol. The van der Waals surface area contributed by atoms with Crippen molar-refractivity contribution in [2.75, 3.05) is 5.32 Å². The van der Waals surface area contributed by atoms with Gasteiger partial charge in [-0.3, -0.25) is 10.1 Å². The van der Waals surface area contributed by atoms with Crippen LogP contribution < -0.4 is 5.32 Å². The summed E-state index contributed by atoms with van der Waals surface area (Å²) in [7, 11) is 0. The highest BCUT2D eigenvalue weighted by molar-refractivity contribution is 9.10. The van der Waals surface area contributed by atoms with Crippen LogP contribution in [0.5, 0.6) is 0 Å². The van der Waals surface area contributed by atoms with E-state index in [0.717, 1.165) is 14.7 Å². The fourth-order valence-electron chi connectivity index (χ4n) is 1.54. The van der Waals surface area contributed by atoms with E-state index in [-0.39, 0.29) is 5.91 Å². The third-order valence-electron chi connectivity index (χ3n) is 2.34. The van der Waals surface area contributed by atoms with Crippen molar-refractivity contribution in [1.29, 1.82) is 0 Å².